The maximum absolute atomic E-state index is 12.8. The molecule has 58 heavy (non-hydrogen) atoms. The number of halogens is 1. The Labute approximate surface area is 335 Å². The van der Waals surface area contributed by atoms with Crippen LogP contribution in [0.25, 0.3) is 22.5 Å². The molecule has 0 aliphatic rings. The highest BCUT2D eigenvalue weighted by Gasteiger charge is 2.20. The minimum absolute atomic E-state index is 0.116. The van der Waals surface area contributed by atoms with Crippen LogP contribution in [0.15, 0.2) is 97.1 Å². The van der Waals surface area contributed by atoms with Gasteiger partial charge in [0.2, 0.25) is 5.82 Å². The van der Waals surface area contributed by atoms with Gasteiger partial charge in [-0.15, -0.1) is 10.2 Å². The number of unbranched alkanes of at least 4 members (excludes halogenated alkanes) is 1. The molecule has 0 radical (unpaired) electrons. The number of hydrogen-bond donors (Lipinski definition) is 4. The van der Waals surface area contributed by atoms with Crippen LogP contribution in [0.3, 0.4) is 0 Å². The molecule has 0 aliphatic heterocycles. The Balaban J connectivity index is 1.12. The van der Waals surface area contributed by atoms with Crippen molar-refractivity contribution in [3.05, 3.63) is 130 Å². The molecule has 0 aliphatic carbocycles. The summed E-state index contributed by atoms with van der Waals surface area (Å²) in [4.78, 5) is 39.9. The number of aryl methyl sites for hydroxylation is 1. The van der Waals surface area contributed by atoms with Crippen LogP contribution in [0, 0.1) is 0 Å². The predicted molar refractivity (Wildman–Crippen MR) is 199 cm³/mol. The number of tetrazole rings is 1. The summed E-state index contributed by atoms with van der Waals surface area (Å²) in [6.07, 6.45) is 0.626. The number of carbonyl (C=O) groups excluding carboxylic acids is 2. The van der Waals surface area contributed by atoms with Gasteiger partial charge in [0, 0.05) is 18.5 Å². The number of hydrogen-bond acceptors (Lipinski definition) is 17. The Morgan fingerprint density at radius 3 is 1.93 bits per heavy atom. The smallest absolute Gasteiger partial charge is 0.427 e. The Morgan fingerprint density at radius 1 is 0.741 bits per heavy atom. The fourth-order valence-corrected chi connectivity index (χ4v) is 5.88. The summed E-state index contributed by atoms with van der Waals surface area (Å²) < 4.78 is 18.0. The first-order valence-electron chi connectivity index (χ1n) is 17.6. The highest BCUT2D eigenvalue weighted by molar-refractivity contribution is 6.30. The summed E-state index contributed by atoms with van der Waals surface area (Å²) in [5, 5.41) is 46.5. The van der Waals surface area contributed by atoms with Crippen molar-refractivity contribution in [2.75, 3.05) is 0 Å². The first-order valence-corrected chi connectivity index (χ1v) is 18.0. The second-order valence-electron chi connectivity index (χ2n) is 12.4. The Kier molecular flexibility index (Phi) is 14.2. The average Bonchev–Trinajstić information content (AvgIpc) is 3.83. The molecule has 4 N–H and O–H groups in total. The van der Waals surface area contributed by atoms with Gasteiger partial charge in [0.15, 0.2) is 5.15 Å². The third-order valence-electron chi connectivity index (χ3n) is 8.48. The molecule has 0 saturated heterocycles. The van der Waals surface area contributed by atoms with E-state index in [1.807, 2.05) is 53.1 Å². The van der Waals surface area contributed by atoms with Gasteiger partial charge in [-0.3, -0.25) is 20.8 Å². The van der Waals surface area contributed by atoms with Crippen molar-refractivity contribution in [3.63, 3.8) is 0 Å². The zero-order valence-corrected chi connectivity index (χ0v) is 31.5. The zero-order chi connectivity index (χ0) is 41.0. The largest absolute Gasteiger partial charge is 0.514 e. The van der Waals surface area contributed by atoms with Crippen LogP contribution in [-0.4, -0.2) is 73.6 Å². The molecule has 0 spiro atoms. The van der Waals surface area contributed by atoms with E-state index in [1.54, 1.807) is 24.3 Å². The number of imidazole rings is 1. The monoisotopic (exact) mass is 816 g/mol. The van der Waals surface area contributed by atoms with Gasteiger partial charge in [-0.2, -0.15) is 0 Å². The topological polar surface area (TPSA) is 229 Å². The van der Waals surface area contributed by atoms with Crippen LogP contribution in [0.2, 0.25) is 5.15 Å². The van der Waals surface area contributed by atoms with E-state index in [1.165, 1.54) is 24.3 Å². The third-order valence-corrected chi connectivity index (χ3v) is 8.78. The number of ether oxygens (including phenoxy) is 3. The van der Waals surface area contributed by atoms with Crippen LogP contribution in [-0.2, 0) is 47.2 Å². The van der Waals surface area contributed by atoms with Crippen LogP contribution in [0.5, 0.6) is 11.5 Å². The van der Waals surface area contributed by atoms with E-state index in [-0.39, 0.29) is 42.3 Å². The van der Waals surface area contributed by atoms with Crippen molar-refractivity contribution in [3.8, 4) is 34.0 Å². The van der Waals surface area contributed by atoms with Crippen molar-refractivity contribution in [1.82, 2.24) is 40.5 Å². The van der Waals surface area contributed by atoms with Crippen molar-refractivity contribution in [2.24, 2.45) is 0 Å². The van der Waals surface area contributed by atoms with Gasteiger partial charge >= 0.3 is 12.2 Å². The molecule has 2 aromatic heterocycles. The molecule has 6 rings (SSSR count). The van der Waals surface area contributed by atoms with E-state index in [0.717, 1.165) is 40.2 Å². The molecular weight excluding hydrogens is 780 g/mol. The molecule has 0 bridgehead atoms. The summed E-state index contributed by atoms with van der Waals surface area (Å²) >= 11 is 6.59. The third kappa shape index (κ3) is 11.3. The molecule has 2 heterocycles. The van der Waals surface area contributed by atoms with Gasteiger partial charge in [-0.1, -0.05) is 103 Å². The molecule has 0 fully saturated rings. The molecule has 6 aromatic rings. The van der Waals surface area contributed by atoms with Crippen molar-refractivity contribution in [1.29, 1.82) is 0 Å². The van der Waals surface area contributed by atoms with Crippen LogP contribution in [0.4, 0.5) is 9.59 Å². The first kappa shape index (κ1) is 41.5. The minimum atomic E-state index is -0.952. The Hall–Kier alpha value is -6.13. The molecular formula is C38H37ClN8O11. The molecule has 20 heteroatoms. The van der Waals surface area contributed by atoms with Gasteiger partial charge in [0.25, 0.3) is 0 Å². The number of rotatable bonds is 17. The molecule has 0 saturated carbocycles. The van der Waals surface area contributed by atoms with Gasteiger partial charge in [-0.25, -0.2) is 24.2 Å². The van der Waals surface area contributed by atoms with E-state index in [9.17, 15) is 9.59 Å². The molecule has 0 atom stereocenters. The molecule has 19 nitrogen and oxygen atoms in total. The predicted octanol–water partition coefficient (Wildman–Crippen LogP) is 7.03. The second-order valence-corrected chi connectivity index (χ2v) is 12.8. The number of benzene rings is 4. The summed E-state index contributed by atoms with van der Waals surface area (Å²) in [7, 11) is 0. The standard InChI is InChI=1S/C38H37ClN8O11/c1-2-3-8-34-40-35(39)33(24-54-38(49)58-30-19-13-27(14-20-30)23-56-47(52)53)44(34)21-25-9-15-28(16-10-25)31-6-4-5-7-32(31)36-41-43-45(42-36)37(48)57-29-17-11-26(12-18-29)22-55-46(50)51/h4-7,9-20,50-53H,2-3,8,21-24H2,1H3. The highest BCUT2D eigenvalue weighted by Crippen LogP contribution is 2.31. The quantitative estimate of drug-likeness (QED) is 0.0411. The van der Waals surface area contributed by atoms with Gasteiger partial charge in [0.05, 0.1) is 29.7 Å². The van der Waals surface area contributed by atoms with Crippen molar-refractivity contribution in [2.45, 2.75) is 52.6 Å². The van der Waals surface area contributed by atoms with E-state index >= 15 is 0 Å². The lowest BCUT2D eigenvalue weighted by atomic mass is 9.98. The first-order chi connectivity index (χ1) is 28.1. The lowest BCUT2D eigenvalue weighted by molar-refractivity contribution is -0.497. The maximum Gasteiger partial charge on any atom is 0.514 e. The van der Waals surface area contributed by atoms with Crippen molar-refractivity contribution >= 4 is 23.8 Å². The Morgan fingerprint density at radius 2 is 1.33 bits per heavy atom. The summed E-state index contributed by atoms with van der Waals surface area (Å²) in [6, 6.07) is 27.5. The van der Waals surface area contributed by atoms with Crippen LogP contribution >= 0.6 is 11.6 Å². The van der Waals surface area contributed by atoms with E-state index in [4.69, 9.17) is 46.6 Å². The van der Waals surface area contributed by atoms with Gasteiger partial charge in [-0.05, 0) is 63.7 Å². The van der Waals surface area contributed by atoms with Gasteiger partial charge in [0.1, 0.15) is 23.9 Å². The lowest BCUT2D eigenvalue weighted by Crippen LogP contribution is -2.19. The average molecular weight is 817 g/mol. The zero-order valence-electron chi connectivity index (χ0n) is 30.8. The summed E-state index contributed by atoms with van der Waals surface area (Å²) in [5.41, 5.74) is 4.86. The minimum Gasteiger partial charge on any atom is -0.427 e. The number of nitrogens with zero attached hydrogens (tertiary/aromatic N) is 8. The molecule has 4 aromatic carbocycles. The molecule has 0 amide bonds. The number of carbonyl (C=O) groups is 2. The van der Waals surface area contributed by atoms with E-state index in [0.29, 0.717) is 35.3 Å². The number of aromatic nitrogens is 6. The second kappa shape index (κ2) is 19.8. The van der Waals surface area contributed by atoms with Crippen LogP contribution in [0.1, 0.15) is 48.0 Å². The summed E-state index contributed by atoms with van der Waals surface area (Å²) in [6.45, 7) is 2.03. The molecule has 0 unspecified atom stereocenters. The summed E-state index contributed by atoms with van der Waals surface area (Å²) in [5.74, 6) is 1.34. The normalized spacial score (nSPS) is 11.3. The van der Waals surface area contributed by atoms with Gasteiger partial charge < -0.3 is 18.8 Å². The van der Waals surface area contributed by atoms with Crippen molar-refractivity contribution < 1.29 is 54.3 Å². The molecule has 302 valence electrons. The Bertz CT molecular complexity index is 2280. The SMILES string of the molecule is CCCCc1nc(Cl)c(COC(=O)Oc2ccc(CON(O)O)cc2)n1Cc1ccc(-c2ccccc2-c2nnn(C(=O)Oc3ccc(CON(O)O)cc3)n2)cc1. The van der Waals surface area contributed by atoms with Crippen LogP contribution < -0.4 is 9.47 Å². The highest BCUT2D eigenvalue weighted by atomic mass is 35.5. The van der Waals surface area contributed by atoms with E-state index in [2.05, 4.69) is 37.0 Å². The van der Waals surface area contributed by atoms with E-state index < -0.39 is 23.0 Å². The lowest BCUT2D eigenvalue weighted by Gasteiger charge is -2.14. The maximum atomic E-state index is 12.8. The fraction of sp³-hybridized carbons (Fsp3) is 0.211. The fourth-order valence-electron chi connectivity index (χ4n) is 5.62.